The Balaban J connectivity index is 1.72. The SMILES string of the molecule is CCn1c(S[C@H](C)C(=O)N(C)Cc2ccccc2)nnc1-c1ccc(OC)cc1. The average Bonchev–Trinajstić information content (AvgIpc) is 3.16. The van der Waals surface area contributed by atoms with Crippen LogP contribution < -0.4 is 4.74 Å². The van der Waals surface area contributed by atoms with Crippen LogP contribution in [0.1, 0.15) is 19.4 Å². The van der Waals surface area contributed by atoms with Crippen molar-refractivity contribution in [2.45, 2.75) is 37.3 Å². The Kier molecular flexibility index (Phi) is 6.93. The molecule has 1 amide bonds. The highest BCUT2D eigenvalue weighted by atomic mass is 32.2. The van der Waals surface area contributed by atoms with Crippen molar-refractivity contribution in [3.05, 3.63) is 60.2 Å². The van der Waals surface area contributed by atoms with Crippen LogP contribution in [0.4, 0.5) is 0 Å². The van der Waals surface area contributed by atoms with E-state index in [1.165, 1.54) is 11.8 Å². The van der Waals surface area contributed by atoms with Gasteiger partial charge >= 0.3 is 0 Å². The molecule has 3 rings (SSSR count). The van der Waals surface area contributed by atoms with Crippen molar-refractivity contribution < 1.29 is 9.53 Å². The third-order valence-corrected chi connectivity index (χ3v) is 5.72. The molecule has 29 heavy (non-hydrogen) atoms. The van der Waals surface area contributed by atoms with Crippen molar-refractivity contribution in [3.8, 4) is 17.1 Å². The second-order valence-corrected chi connectivity index (χ2v) is 8.03. The first-order valence-electron chi connectivity index (χ1n) is 9.56. The summed E-state index contributed by atoms with van der Waals surface area (Å²) < 4.78 is 7.26. The van der Waals surface area contributed by atoms with Gasteiger partial charge in [0.15, 0.2) is 11.0 Å². The van der Waals surface area contributed by atoms with E-state index in [9.17, 15) is 4.79 Å². The van der Waals surface area contributed by atoms with E-state index < -0.39 is 0 Å². The Morgan fingerprint density at radius 1 is 1.14 bits per heavy atom. The van der Waals surface area contributed by atoms with Gasteiger partial charge in [0.25, 0.3) is 0 Å². The summed E-state index contributed by atoms with van der Waals surface area (Å²) >= 11 is 1.44. The summed E-state index contributed by atoms with van der Waals surface area (Å²) in [4.78, 5) is 14.6. The molecular weight excluding hydrogens is 384 g/mol. The summed E-state index contributed by atoms with van der Waals surface area (Å²) in [6, 6.07) is 17.7. The maximum atomic E-state index is 12.8. The second-order valence-electron chi connectivity index (χ2n) is 6.72. The fourth-order valence-electron chi connectivity index (χ4n) is 3.07. The van der Waals surface area contributed by atoms with E-state index in [0.717, 1.165) is 34.4 Å². The normalized spacial score (nSPS) is 11.9. The van der Waals surface area contributed by atoms with Gasteiger partial charge < -0.3 is 14.2 Å². The van der Waals surface area contributed by atoms with Gasteiger partial charge in [-0.05, 0) is 43.7 Å². The molecule has 0 aliphatic rings. The van der Waals surface area contributed by atoms with Crippen LogP contribution in [0.5, 0.6) is 5.75 Å². The lowest BCUT2D eigenvalue weighted by molar-refractivity contribution is -0.129. The number of nitrogens with zero attached hydrogens (tertiary/aromatic N) is 4. The number of carbonyl (C=O) groups is 1. The molecule has 152 valence electrons. The molecule has 0 aliphatic heterocycles. The van der Waals surface area contributed by atoms with E-state index in [0.29, 0.717) is 6.54 Å². The lowest BCUT2D eigenvalue weighted by Gasteiger charge is -2.21. The number of hydrogen-bond donors (Lipinski definition) is 0. The topological polar surface area (TPSA) is 60.2 Å². The van der Waals surface area contributed by atoms with Crippen LogP contribution in [-0.4, -0.2) is 45.0 Å². The number of hydrogen-bond acceptors (Lipinski definition) is 5. The molecule has 1 aromatic heterocycles. The number of aromatic nitrogens is 3. The highest BCUT2D eigenvalue weighted by Crippen LogP contribution is 2.28. The Morgan fingerprint density at radius 3 is 2.45 bits per heavy atom. The van der Waals surface area contributed by atoms with Gasteiger partial charge in [-0.2, -0.15) is 0 Å². The Bertz CT molecular complexity index is 941. The minimum atomic E-state index is -0.262. The molecule has 0 saturated heterocycles. The minimum absolute atomic E-state index is 0.0653. The monoisotopic (exact) mass is 410 g/mol. The molecule has 1 heterocycles. The molecule has 7 heteroatoms. The summed E-state index contributed by atoms with van der Waals surface area (Å²) in [6.07, 6.45) is 0. The molecule has 0 radical (unpaired) electrons. The summed E-state index contributed by atoms with van der Waals surface area (Å²) in [5.74, 6) is 1.65. The molecule has 0 saturated carbocycles. The number of rotatable bonds is 8. The first kappa shape index (κ1) is 20.9. The van der Waals surface area contributed by atoms with Gasteiger partial charge in [0.05, 0.1) is 12.4 Å². The molecule has 0 unspecified atom stereocenters. The molecule has 1 atom stereocenters. The van der Waals surface area contributed by atoms with Gasteiger partial charge in [-0.1, -0.05) is 42.1 Å². The van der Waals surface area contributed by atoms with Gasteiger partial charge in [-0.15, -0.1) is 10.2 Å². The summed E-state index contributed by atoms with van der Waals surface area (Å²) in [5.41, 5.74) is 2.08. The van der Waals surface area contributed by atoms with Crippen molar-refractivity contribution in [2.75, 3.05) is 14.2 Å². The van der Waals surface area contributed by atoms with Gasteiger partial charge in [-0.3, -0.25) is 4.79 Å². The van der Waals surface area contributed by atoms with Crippen LogP contribution in [-0.2, 0) is 17.9 Å². The fraction of sp³-hybridized carbons (Fsp3) is 0.318. The Morgan fingerprint density at radius 2 is 1.83 bits per heavy atom. The molecule has 0 fully saturated rings. The van der Waals surface area contributed by atoms with E-state index in [1.807, 2.05) is 73.1 Å². The maximum absolute atomic E-state index is 12.8. The van der Waals surface area contributed by atoms with Crippen molar-refractivity contribution in [2.24, 2.45) is 0 Å². The zero-order valence-corrected chi connectivity index (χ0v) is 18.0. The van der Waals surface area contributed by atoms with Gasteiger partial charge in [0.1, 0.15) is 5.75 Å². The number of benzene rings is 2. The number of carbonyl (C=O) groups excluding carboxylic acids is 1. The molecule has 0 N–H and O–H groups in total. The van der Waals surface area contributed by atoms with Gasteiger partial charge in [0, 0.05) is 25.7 Å². The highest BCUT2D eigenvalue weighted by Gasteiger charge is 2.23. The van der Waals surface area contributed by atoms with Crippen molar-refractivity contribution >= 4 is 17.7 Å². The zero-order valence-electron chi connectivity index (χ0n) is 17.2. The number of amides is 1. The number of methoxy groups -OCH3 is 1. The number of thioether (sulfide) groups is 1. The second kappa shape index (κ2) is 9.60. The molecule has 0 bridgehead atoms. The Labute approximate surface area is 175 Å². The molecule has 2 aromatic carbocycles. The van der Waals surface area contributed by atoms with Crippen LogP contribution >= 0.6 is 11.8 Å². The Hall–Kier alpha value is -2.80. The molecule has 0 aliphatic carbocycles. The highest BCUT2D eigenvalue weighted by molar-refractivity contribution is 8.00. The van der Waals surface area contributed by atoms with Crippen LogP contribution in [0.2, 0.25) is 0 Å². The van der Waals surface area contributed by atoms with Crippen molar-refractivity contribution in [1.82, 2.24) is 19.7 Å². The van der Waals surface area contributed by atoms with E-state index >= 15 is 0 Å². The average molecular weight is 411 g/mol. The predicted octanol–water partition coefficient (Wildman–Crippen LogP) is 4.11. The molecule has 3 aromatic rings. The molecular formula is C22H26N4O2S. The predicted molar refractivity (Wildman–Crippen MR) is 116 cm³/mol. The minimum Gasteiger partial charge on any atom is -0.497 e. The first-order chi connectivity index (χ1) is 14.0. The molecule has 6 nitrogen and oxygen atoms in total. The van der Waals surface area contributed by atoms with Crippen LogP contribution in [0.25, 0.3) is 11.4 Å². The van der Waals surface area contributed by atoms with E-state index in [-0.39, 0.29) is 11.2 Å². The lowest BCUT2D eigenvalue weighted by Crippen LogP contribution is -2.33. The maximum Gasteiger partial charge on any atom is 0.235 e. The first-order valence-corrected chi connectivity index (χ1v) is 10.4. The van der Waals surface area contributed by atoms with Crippen molar-refractivity contribution in [1.29, 1.82) is 0 Å². The quantitative estimate of drug-likeness (QED) is 0.523. The third kappa shape index (κ3) is 4.98. The van der Waals surface area contributed by atoms with E-state index in [2.05, 4.69) is 17.1 Å². The van der Waals surface area contributed by atoms with Gasteiger partial charge in [-0.25, -0.2) is 0 Å². The zero-order chi connectivity index (χ0) is 20.8. The summed E-state index contributed by atoms with van der Waals surface area (Å²) in [7, 11) is 3.48. The summed E-state index contributed by atoms with van der Waals surface area (Å²) in [6.45, 7) is 5.27. The van der Waals surface area contributed by atoms with Crippen molar-refractivity contribution in [3.63, 3.8) is 0 Å². The largest absolute Gasteiger partial charge is 0.497 e. The van der Waals surface area contributed by atoms with Crippen LogP contribution in [0.3, 0.4) is 0 Å². The summed E-state index contributed by atoms with van der Waals surface area (Å²) in [5, 5.41) is 9.19. The van der Waals surface area contributed by atoms with Crippen LogP contribution in [0.15, 0.2) is 59.8 Å². The van der Waals surface area contributed by atoms with Gasteiger partial charge in [0.2, 0.25) is 5.91 Å². The third-order valence-electron chi connectivity index (χ3n) is 4.65. The number of ether oxygens (including phenoxy) is 1. The smallest absolute Gasteiger partial charge is 0.235 e. The van der Waals surface area contributed by atoms with E-state index in [1.54, 1.807) is 12.0 Å². The molecule has 0 spiro atoms. The van der Waals surface area contributed by atoms with E-state index in [4.69, 9.17) is 4.74 Å². The standard InChI is InChI=1S/C22H26N4O2S/c1-5-26-20(18-11-13-19(28-4)14-12-18)23-24-22(26)29-16(2)21(27)25(3)15-17-9-7-6-8-10-17/h6-14,16H,5,15H2,1-4H3/t16-/m1/s1. The fourth-order valence-corrected chi connectivity index (χ4v) is 4.10. The van der Waals surface area contributed by atoms with Crippen LogP contribution in [0, 0.1) is 0 Å². The lowest BCUT2D eigenvalue weighted by atomic mass is 10.2.